The van der Waals surface area contributed by atoms with Crippen molar-refractivity contribution in [3.05, 3.63) is 71.3 Å². The molecule has 0 aliphatic rings. The monoisotopic (exact) mass is 427 g/mol. The second-order valence-corrected chi connectivity index (χ2v) is 7.41. The first-order valence-electron chi connectivity index (χ1n) is 9.41. The van der Waals surface area contributed by atoms with Crippen molar-refractivity contribution in [3.8, 4) is 0 Å². The van der Waals surface area contributed by atoms with Crippen molar-refractivity contribution < 1.29 is 14.0 Å². The van der Waals surface area contributed by atoms with Gasteiger partial charge in [0.15, 0.2) is 11.0 Å². The zero-order chi connectivity index (χ0) is 21.5. The van der Waals surface area contributed by atoms with Crippen LogP contribution >= 0.6 is 11.8 Å². The number of anilines is 1. The fourth-order valence-corrected chi connectivity index (χ4v) is 3.52. The van der Waals surface area contributed by atoms with Crippen LogP contribution in [0.3, 0.4) is 0 Å². The first-order chi connectivity index (χ1) is 14.5. The van der Waals surface area contributed by atoms with Crippen molar-refractivity contribution in [1.29, 1.82) is 0 Å². The van der Waals surface area contributed by atoms with Gasteiger partial charge in [0.1, 0.15) is 5.82 Å². The Morgan fingerprint density at radius 3 is 2.60 bits per heavy atom. The van der Waals surface area contributed by atoms with Crippen LogP contribution in [0.2, 0.25) is 0 Å². The second kappa shape index (κ2) is 10.0. The van der Waals surface area contributed by atoms with E-state index in [2.05, 4.69) is 20.8 Å². The third kappa shape index (κ3) is 5.24. The van der Waals surface area contributed by atoms with Crippen molar-refractivity contribution >= 4 is 29.3 Å². The summed E-state index contributed by atoms with van der Waals surface area (Å²) < 4.78 is 15.4. The molecule has 9 heteroatoms. The standard InChI is InChI=1S/C21H22FN5O2S/c1-3-14-8-4-7-11-17(14)24-19(28)13-30-21-26-25-18(27(21)2)12-23-20(29)15-9-5-6-10-16(15)22/h4-11H,3,12-13H2,1-2H3,(H,23,29)(H,24,28). The van der Waals surface area contributed by atoms with Crippen LogP contribution in [0.5, 0.6) is 0 Å². The van der Waals surface area contributed by atoms with Crippen LogP contribution in [0, 0.1) is 5.82 Å². The number of aryl methyl sites for hydroxylation is 1. The summed E-state index contributed by atoms with van der Waals surface area (Å²) in [4.78, 5) is 24.4. The lowest BCUT2D eigenvalue weighted by atomic mass is 10.1. The Morgan fingerprint density at radius 1 is 1.10 bits per heavy atom. The first-order valence-corrected chi connectivity index (χ1v) is 10.4. The van der Waals surface area contributed by atoms with E-state index < -0.39 is 11.7 Å². The predicted molar refractivity (Wildman–Crippen MR) is 114 cm³/mol. The molecule has 2 amide bonds. The number of carbonyl (C=O) groups excluding carboxylic acids is 2. The van der Waals surface area contributed by atoms with E-state index in [4.69, 9.17) is 0 Å². The van der Waals surface area contributed by atoms with Gasteiger partial charge in [0.05, 0.1) is 17.9 Å². The highest BCUT2D eigenvalue weighted by atomic mass is 32.2. The molecule has 30 heavy (non-hydrogen) atoms. The Labute approximate surface area is 178 Å². The number of benzene rings is 2. The number of nitrogens with one attached hydrogen (secondary N) is 2. The maximum atomic E-state index is 13.7. The fraction of sp³-hybridized carbons (Fsp3) is 0.238. The van der Waals surface area contributed by atoms with Crippen LogP contribution in [0.4, 0.5) is 10.1 Å². The summed E-state index contributed by atoms with van der Waals surface area (Å²) in [5.74, 6) is -0.581. The lowest BCUT2D eigenvalue weighted by Crippen LogP contribution is -2.25. The van der Waals surface area contributed by atoms with Gasteiger partial charge in [-0.3, -0.25) is 9.59 Å². The number of hydrogen-bond acceptors (Lipinski definition) is 5. The highest BCUT2D eigenvalue weighted by Gasteiger charge is 2.15. The summed E-state index contributed by atoms with van der Waals surface area (Å²) in [5.41, 5.74) is 1.85. The molecule has 0 aliphatic carbocycles. The Kier molecular flexibility index (Phi) is 7.18. The highest BCUT2D eigenvalue weighted by molar-refractivity contribution is 7.99. The van der Waals surface area contributed by atoms with E-state index in [0.717, 1.165) is 17.7 Å². The summed E-state index contributed by atoms with van der Waals surface area (Å²) in [6, 6.07) is 13.4. The number of rotatable bonds is 8. The Balaban J connectivity index is 1.54. The lowest BCUT2D eigenvalue weighted by Gasteiger charge is -2.09. The molecule has 0 saturated heterocycles. The van der Waals surface area contributed by atoms with Crippen molar-refractivity contribution in [2.45, 2.75) is 25.0 Å². The molecule has 0 unspecified atom stereocenters. The minimum atomic E-state index is -0.583. The molecule has 1 aromatic heterocycles. The van der Waals surface area contributed by atoms with Crippen molar-refractivity contribution in [2.24, 2.45) is 7.05 Å². The summed E-state index contributed by atoms with van der Waals surface area (Å²) in [5, 5.41) is 14.2. The molecule has 0 atom stereocenters. The summed E-state index contributed by atoms with van der Waals surface area (Å²) in [6.07, 6.45) is 0.828. The Morgan fingerprint density at radius 2 is 1.83 bits per heavy atom. The lowest BCUT2D eigenvalue weighted by molar-refractivity contribution is -0.113. The first kappa shape index (κ1) is 21.5. The molecule has 0 fully saturated rings. The number of halogens is 1. The molecule has 2 N–H and O–H groups in total. The van der Waals surface area contributed by atoms with Gasteiger partial charge in [-0.1, -0.05) is 49.0 Å². The average Bonchev–Trinajstić information content (AvgIpc) is 3.10. The number of nitrogens with zero attached hydrogens (tertiary/aromatic N) is 3. The van der Waals surface area contributed by atoms with Gasteiger partial charge in [0, 0.05) is 12.7 Å². The molecular weight excluding hydrogens is 405 g/mol. The van der Waals surface area contributed by atoms with E-state index in [1.54, 1.807) is 17.7 Å². The maximum absolute atomic E-state index is 13.7. The van der Waals surface area contributed by atoms with Crippen LogP contribution in [0.15, 0.2) is 53.7 Å². The molecule has 0 bridgehead atoms. The van der Waals surface area contributed by atoms with E-state index in [0.29, 0.717) is 11.0 Å². The normalized spacial score (nSPS) is 10.6. The molecule has 3 aromatic rings. The third-order valence-corrected chi connectivity index (χ3v) is 5.48. The topological polar surface area (TPSA) is 88.9 Å². The van der Waals surface area contributed by atoms with Gasteiger partial charge in [0.2, 0.25) is 5.91 Å². The number of aromatic nitrogens is 3. The molecule has 156 valence electrons. The Bertz CT molecular complexity index is 1050. The second-order valence-electron chi connectivity index (χ2n) is 6.47. The zero-order valence-electron chi connectivity index (χ0n) is 16.7. The minimum Gasteiger partial charge on any atom is -0.345 e. The summed E-state index contributed by atoms with van der Waals surface area (Å²) in [7, 11) is 1.75. The zero-order valence-corrected chi connectivity index (χ0v) is 17.5. The number of hydrogen-bond donors (Lipinski definition) is 2. The molecule has 0 radical (unpaired) electrons. The Hall–Kier alpha value is -3.20. The number of amides is 2. The largest absolute Gasteiger partial charge is 0.345 e. The van der Waals surface area contributed by atoms with Gasteiger partial charge in [-0.15, -0.1) is 10.2 Å². The van der Waals surface area contributed by atoms with Gasteiger partial charge in [0.25, 0.3) is 5.91 Å². The molecule has 0 saturated carbocycles. The predicted octanol–water partition coefficient (Wildman–Crippen LogP) is 3.18. The average molecular weight is 428 g/mol. The third-order valence-electron chi connectivity index (χ3n) is 4.46. The number of carbonyl (C=O) groups is 2. The van der Waals surface area contributed by atoms with E-state index >= 15 is 0 Å². The molecule has 2 aromatic carbocycles. The smallest absolute Gasteiger partial charge is 0.254 e. The fourth-order valence-electron chi connectivity index (χ4n) is 2.79. The van der Waals surface area contributed by atoms with Crippen molar-refractivity contribution in [1.82, 2.24) is 20.1 Å². The molecule has 0 aliphatic heterocycles. The van der Waals surface area contributed by atoms with Crippen LogP contribution < -0.4 is 10.6 Å². The number of thioether (sulfide) groups is 1. The maximum Gasteiger partial charge on any atom is 0.254 e. The van der Waals surface area contributed by atoms with Crippen LogP contribution in [-0.2, 0) is 24.8 Å². The minimum absolute atomic E-state index is 0.0294. The van der Waals surface area contributed by atoms with Crippen molar-refractivity contribution in [2.75, 3.05) is 11.1 Å². The quantitative estimate of drug-likeness (QED) is 0.539. The van der Waals surface area contributed by atoms with E-state index in [1.165, 1.54) is 30.0 Å². The summed E-state index contributed by atoms with van der Waals surface area (Å²) in [6.45, 7) is 2.12. The molecule has 3 rings (SSSR count). The van der Waals surface area contributed by atoms with Crippen LogP contribution in [0.1, 0.15) is 28.7 Å². The van der Waals surface area contributed by atoms with Gasteiger partial charge in [-0.25, -0.2) is 4.39 Å². The van der Waals surface area contributed by atoms with E-state index in [-0.39, 0.29) is 23.8 Å². The van der Waals surface area contributed by atoms with Crippen LogP contribution in [0.25, 0.3) is 0 Å². The van der Waals surface area contributed by atoms with Crippen molar-refractivity contribution in [3.63, 3.8) is 0 Å². The highest BCUT2D eigenvalue weighted by Crippen LogP contribution is 2.19. The SMILES string of the molecule is CCc1ccccc1NC(=O)CSc1nnc(CNC(=O)c2ccccc2F)n1C. The molecule has 1 heterocycles. The van der Waals surface area contributed by atoms with Crippen LogP contribution in [-0.4, -0.2) is 32.3 Å². The van der Waals surface area contributed by atoms with E-state index in [1.807, 2.05) is 31.2 Å². The van der Waals surface area contributed by atoms with Gasteiger partial charge >= 0.3 is 0 Å². The molecular formula is C21H22FN5O2S. The van der Waals surface area contributed by atoms with Gasteiger partial charge in [-0.2, -0.15) is 0 Å². The molecule has 0 spiro atoms. The number of para-hydroxylation sites is 1. The molecule has 7 nitrogen and oxygen atoms in total. The van der Waals surface area contributed by atoms with Gasteiger partial charge < -0.3 is 15.2 Å². The summed E-state index contributed by atoms with van der Waals surface area (Å²) >= 11 is 1.25. The van der Waals surface area contributed by atoms with E-state index in [9.17, 15) is 14.0 Å². The van der Waals surface area contributed by atoms with Gasteiger partial charge in [-0.05, 0) is 30.2 Å².